The lowest BCUT2D eigenvalue weighted by atomic mass is 10.0. The van der Waals surface area contributed by atoms with Crippen LogP contribution in [0.15, 0.2) is 18.2 Å². The Kier molecular flexibility index (Phi) is 6.88. The Morgan fingerprint density at radius 2 is 1.85 bits per heavy atom. The second-order valence-electron chi connectivity index (χ2n) is 6.60. The van der Waals surface area contributed by atoms with Crippen molar-refractivity contribution >= 4 is 15.9 Å². The lowest BCUT2D eigenvalue weighted by Gasteiger charge is -2.37. The van der Waals surface area contributed by atoms with Crippen molar-refractivity contribution in [3.8, 4) is 11.5 Å². The third-order valence-electron chi connectivity index (χ3n) is 4.73. The Morgan fingerprint density at radius 3 is 2.42 bits per heavy atom. The largest absolute Gasteiger partial charge is 0.497 e. The van der Waals surface area contributed by atoms with Gasteiger partial charge in [-0.25, -0.2) is 8.42 Å². The van der Waals surface area contributed by atoms with Gasteiger partial charge < -0.3 is 14.8 Å². The molecule has 0 aromatic heterocycles. The maximum atomic E-state index is 12.7. The molecule has 2 atom stereocenters. The van der Waals surface area contributed by atoms with Gasteiger partial charge >= 0.3 is 0 Å². The first-order valence-electron chi connectivity index (χ1n) is 8.81. The first kappa shape index (κ1) is 20.5. The number of nitrogens with one attached hydrogen (secondary N) is 1. The Balaban J connectivity index is 1.99. The van der Waals surface area contributed by atoms with Crippen LogP contribution in [0.1, 0.15) is 43.5 Å². The van der Waals surface area contributed by atoms with E-state index in [1.165, 1.54) is 14.2 Å². The van der Waals surface area contributed by atoms with Gasteiger partial charge in [0.15, 0.2) is 0 Å². The zero-order valence-electron chi connectivity index (χ0n) is 15.8. The van der Waals surface area contributed by atoms with E-state index in [0.717, 1.165) is 19.3 Å². The van der Waals surface area contributed by atoms with Gasteiger partial charge in [0.2, 0.25) is 10.0 Å². The van der Waals surface area contributed by atoms with Gasteiger partial charge in [0.05, 0.1) is 25.5 Å². The Morgan fingerprint density at radius 1 is 1.19 bits per heavy atom. The van der Waals surface area contributed by atoms with Gasteiger partial charge in [-0.3, -0.25) is 4.79 Å². The van der Waals surface area contributed by atoms with Crippen molar-refractivity contribution in [3.63, 3.8) is 0 Å². The van der Waals surface area contributed by atoms with E-state index >= 15 is 0 Å². The number of hydrogen-bond acceptors (Lipinski definition) is 5. The maximum Gasteiger partial charge on any atom is 0.255 e. The van der Waals surface area contributed by atoms with Gasteiger partial charge in [0.25, 0.3) is 5.91 Å². The fraction of sp³-hybridized carbons (Fsp3) is 0.611. The highest BCUT2D eigenvalue weighted by atomic mass is 32.2. The van der Waals surface area contributed by atoms with E-state index in [1.54, 1.807) is 22.5 Å². The predicted octanol–water partition coefficient (Wildman–Crippen LogP) is 2.03. The summed E-state index contributed by atoms with van der Waals surface area (Å²) in [6.45, 7) is 3.92. The number of rotatable bonds is 7. The Labute approximate surface area is 155 Å². The highest BCUT2D eigenvalue weighted by Gasteiger charge is 2.34. The molecule has 2 rings (SSSR count). The molecule has 26 heavy (non-hydrogen) atoms. The van der Waals surface area contributed by atoms with Crippen LogP contribution in [-0.2, 0) is 10.0 Å². The number of nitrogens with zero attached hydrogens (tertiary/aromatic N) is 1. The summed E-state index contributed by atoms with van der Waals surface area (Å²) < 4.78 is 37.2. The first-order valence-corrected chi connectivity index (χ1v) is 10.4. The lowest BCUT2D eigenvalue weighted by molar-refractivity contribution is 0.0953. The van der Waals surface area contributed by atoms with E-state index in [2.05, 4.69) is 5.32 Å². The SMILES string of the molecule is COc1ccc(C(=O)NCCS(=O)(=O)N2[C@H](C)CCC[C@H]2C)c(OC)c1. The molecule has 1 N–H and O–H groups in total. The predicted molar refractivity (Wildman–Crippen MR) is 100 cm³/mol. The summed E-state index contributed by atoms with van der Waals surface area (Å²) in [5.41, 5.74) is 0.338. The number of methoxy groups -OCH3 is 2. The number of hydrogen-bond donors (Lipinski definition) is 1. The molecule has 0 aliphatic carbocycles. The third-order valence-corrected chi connectivity index (χ3v) is 6.81. The summed E-state index contributed by atoms with van der Waals surface area (Å²) in [6.07, 6.45) is 2.79. The van der Waals surface area contributed by atoms with Crippen LogP contribution in [0.25, 0.3) is 0 Å². The van der Waals surface area contributed by atoms with Crippen LogP contribution in [0.5, 0.6) is 11.5 Å². The quantitative estimate of drug-likeness (QED) is 0.777. The fourth-order valence-electron chi connectivity index (χ4n) is 3.43. The van der Waals surface area contributed by atoms with Crippen molar-refractivity contribution in [2.75, 3.05) is 26.5 Å². The molecule has 1 heterocycles. The highest BCUT2D eigenvalue weighted by molar-refractivity contribution is 7.89. The normalized spacial score (nSPS) is 21.2. The van der Waals surface area contributed by atoms with Crippen LogP contribution in [0.3, 0.4) is 0 Å². The molecule has 0 saturated carbocycles. The Bertz CT molecular complexity index is 725. The number of sulfonamides is 1. The van der Waals surface area contributed by atoms with E-state index in [4.69, 9.17) is 9.47 Å². The van der Waals surface area contributed by atoms with Crippen molar-refractivity contribution in [1.82, 2.24) is 9.62 Å². The van der Waals surface area contributed by atoms with Crippen LogP contribution in [0.2, 0.25) is 0 Å². The molecular weight excluding hydrogens is 356 g/mol. The molecular formula is C18H28N2O5S. The van der Waals surface area contributed by atoms with Crippen molar-refractivity contribution < 1.29 is 22.7 Å². The lowest BCUT2D eigenvalue weighted by Crippen LogP contribution is -2.49. The topological polar surface area (TPSA) is 84.9 Å². The van der Waals surface area contributed by atoms with Gasteiger partial charge in [-0.15, -0.1) is 0 Å². The Hall–Kier alpha value is -1.80. The van der Waals surface area contributed by atoms with Gasteiger partial charge in [-0.1, -0.05) is 6.42 Å². The number of carbonyl (C=O) groups excluding carboxylic acids is 1. The summed E-state index contributed by atoms with van der Waals surface area (Å²) in [5.74, 6) is 0.461. The van der Waals surface area contributed by atoms with E-state index in [0.29, 0.717) is 17.1 Å². The van der Waals surface area contributed by atoms with Gasteiger partial charge in [-0.2, -0.15) is 4.31 Å². The van der Waals surface area contributed by atoms with Crippen molar-refractivity contribution in [3.05, 3.63) is 23.8 Å². The van der Waals surface area contributed by atoms with Crippen LogP contribution in [0.4, 0.5) is 0 Å². The van der Waals surface area contributed by atoms with Crippen molar-refractivity contribution in [2.24, 2.45) is 0 Å². The van der Waals surface area contributed by atoms with Crippen molar-refractivity contribution in [1.29, 1.82) is 0 Å². The summed E-state index contributed by atoms with van der Waals surface area (Å²) in [5, 5.41) is 2.67. The maximum absolute atomic E-state index is 12.7. The molecule has 7 nitrogen and oxygen atoms in total. The molecule has 1 amide bonds. The fourth-order valence-corrected chi connectivity index (χ4v) is 5.30. The zero-order chi connectivity index (χ0) is 19.3. The van der Waals surface area contributed by atoms with Gasteiger partial charge in [0, 0.05) is 24.7 Å². The van der Waals surface area contributed by atoms with Crippen LogP contribution >= 0.6 is 0 Å². The van der Waals surface area contributed by atoms with E-state index in [9.17, 15) is 13.2 Å². The minimum Gasteiger partial charge on any atom is -0.497 e. The molecule has 0 bridgehead atoms. The van der Waals surface area contributed by atoms with Gasteiger partial charge in [0.1, 0.15) is 11.5 Å². The number of amides is 1. The number of carbonyl (C=O) groups is 1. The minimum atomic E-state index is -3.42. The standard InChI is InChI=1S/C18H28N2O5S/c1-13-6-5-7-14(2)20(13)26(22,23)11-10-19-18(21)16-9-8-15(24-3)12-17(16)25-4/h8-9,12-14H,5-7,10-11H2,1-4H3,(H,19,21)/t13-,14-/m1/s1. The van der Waals surface area contributed by atoms with E-state index < -0.39 is 10.0 Å². The van der Waals surface area contributed by atoms with Crippen LogP contribution < -0.4 is 14.8 Å². The minimum absolute atomic E-state index is 0.00105. The first-order chi connectivity index (χ1) is 12.3. The average Bonchev–Trinajstić information content (AvgIpc) is 2.60. The second kappa shape index (κ2) is 8.73. The van der Waals surface area contributed by atoms with Crippen molar-refractivity contribution in [2.45, 2.75) is 45.2 Å². The number of benzene rings is 1. The monoisotopic (exact) mass is 384 g/mol. The molecule has 146 valence electrons. The summed E-state index contributed by atoms with van der Waals surface area (Å²) in [4.78, 5) is 12.4. The van der Waals surface area contributed by atoms with E-state index in [1.807, 2.05) is 13.8 Å². The third kappa shape index (κ3) is 4.67. The molecule has 1 fully saturated rings. The summed E-state index contributed by atoms with van der Waals surface area (Å²) >= 11 is 0. The number of ether oxygens (including phenoxy) is 2. The number of piperidine rings is 1. The van der Waals surface area contributed by atoms with Crippen LogP contribution in [0, 0.1) is 0 Å². The molecule has 0 radical (unpaired) electrons. The van der Waals surface area contributed by atoms with Crippen LogP contribution in [-0.4, -0.2) is 57.2 Å². The molecule has 8 heteroatoms. The molecule has 1 aliphatic heterocycles. The highest BCUT2D eigenvalue weighted by Crippen LogP contribution is 2.26. The average molecular weight is 384 g/mol. The van der Waals surface area contributed by atoms with E-state index in [-0.39, 0.29) is 30.3 Å². The smallest absolute Gasteiger partial charge is 0.255 e. The molecule has 1 aromatic carbocycles. The second-order valence-corrected chi connectivity index (χ2v) is 8.59. The molecule has 0 spiro atoms. The molecule has 1 aromatic rings. The molecule has 0 unspecified atom stereocenters. The zero-order valence-corrected chi connectivity index (χ0v) is 16.6. The summed E-state index contributed by atoms with van der Waals surface area (Å²) in [6, 6.07) is 4.87. The van der Waals surface area contributed by atoms with Gasteiger partial charge in [-0.05, 0) is 38.8 Å². The molecule has 1 aliphatic rings. The molecule has 1 saturated heterocycles. The summed E-state index contributed by atoms with van der Waals surface area (Å²) in [7, 11) is -0.421.